The van der Waals surface area contributed by atoms with Crippen LogP contribution >= 0.6 is 0 Å². The number of para-hydroxylation sites is 1. The Morgan fingerprint density at radius 2 is 2.23 bits per heavy atom. The summed E-state index contributed by atoms with van der Waals surface area (Å²) in [6, 6.07) is 8.40. The lowest BCUT2D eigenvalue weighted by molar-refractivity contribution is 1.25. The highest BCUT2D eigenvalue weighted by Gasteiger charge is 2.08. The molecule has 1 heterocycles. The second-order valence-corrected chi connectivity index (χ2v) is 3.15. The predicted molar refractivity (Wildman–Crippen MR) is 57.7 cm³/mol. The summed E-state index contributed by atoms with van der Waals surface area (Å²) in [7, 11) is 0. The molecule has 1 nitrogen and oxygen atoms in total. The zero-order chi connectivity index (χ0) is 9.10. The van der Waals surface area contributed by atoms with Crippen LogP contribution in [0.25, 0.3) is 5.57 Å². The first kappa shape index (κ1) is 8.11. The van der Waals surface area contributed by atoms with Gasteiger partial charge >= 0.3 is 0 Å². The number of nitrogens with one attached hydrogen (secondary N) is 1. The summed E-state index contributed by atoms with van der Waals surface area (Å²) < 4.78 is 0. The van der Waals surface area contributed by atoms with Crippen LogP contribution in [0.15, 0.2) is 43.0 Å². The van der Waals surface area contributed by atoms with Crippen molar-refractivity contribution in [1.82, 2.24) is 0 Å². The quantitative estimate of drug-likeness (QED) is 0.674. The Morgan fingerprint density at radius 1 is 1.38 bits per heavy atom. The minimum Gasteiger partial charge on any atom is -0.381 e. The van der Waals surface area contributed by atoms with Gasteiger partial charge in [-0.05, 0) is 18.1 Å². The molecule has 0 amide bonds. The minimum absolute atomic E-state index is 0.931. The molecule has 0 radical (unpaired) electrons. The molecule has 0 aromatic heterocycles. The molecule has 1 aromatic carbocycles. The van der Waals surface area contributed by atoms with Gasteiger partial charge in [0.05, 0.1) is 0 Å². The number of fused-ring (bicyclic) bond motifs is 1. The van der Waals surface area contributed by atoms with Crippen LogP contribution < -0.4 is 5.32 Å². The normalized spacial score (nSPS) is 14.0. The molecular weight excluding hydrogens is 158 g/mol. The van der Waals surface area contributed by atoms with Crippen molar-refractivity contribution in [2.24, 2.45) is 0 Å². The van der Waals surface area contributed by atoms with Crippen molar-refractivity contribution < 1.29 is 0 Å². The van der Waals surface area contributed by atoms with Crippen molar-refractivity contribution in [3.05, 3.63) is 48.6 Å². The van der Waals surface area contributed by atoms with E-state index in [2.05, 4.69) is 42.2 Å². The summed E-state index contributed by atoms with van der Waals surface area (Å²) in [5, 5.41) is 3.34. The average molecular weight is 171 g/mol. The molecule has 0 fully saturated rings. The van der Waals surface area contributed by atoms with Gasteiger partial charge in [-0.1, -0.05) is 30.4 Å². The van der Waals surface area contributed by atoms with Gasteiger partial charge in [-0.3, -0.25) is 0 Å². The van der Waals surface area contributed by atoms with Crippen LogP contribution in [-0.2, 0) is 0 Å². The maximum Gasteiger partial charge on any atom is 0.0419 e. The maximum atomic E-state index is 3.77. The van der Waals surface area contributed by atoms with Gasteiger partial charge in [0.25, 0.3) is 0 Å². The SMILES string of the molecule is C=CCC1=CCNc2ccccc21. The topological polar surface area (TPSA) is 12.0 Å². The summed E-state index contributed by atoms with van der Waals surface area (Å²) >= 11 is 0. The molecule has 1 N–H and O–H groups in total. The molecule has 66 valence electrons. The smallest absolute Gasteiger partial charge is 0.0419 e. The number of rotatable bonds is 2. The molecule has 0 spiro atoms. The summed E-state index contributed by atoms with van der Waals surface area (Å²) in [4.78, 5) is 0. The van der Waals surface area contributed by atoms with Crippen LogP contribution in [0.5, 0.6) is 0 Å². The highest BCUT2D eigenvalue weighted by atomic mass is 14.9. The first-order valence-corrected chi connectivity index (χ1v) is 4.55. The number of allylic oxidation sites excluding steroid dienone is 2. The van der Waals surface area contributed by atoms with Crippen LogP contribution in [-0.4, -0.2) is 6.54 Å². The van der Waals surface area contributed by atoms with Gasteiger partial charge in [0, 0.05) is 17.8 Å². The van der Waals surface area contributed by atoms with Crippen molar-refractivity contribution >= 4 is 11.3 Å². The summed E-state index contributed by atoms with van der Waals surface area (Å²) in [5.41, 5.74) is 3.93. The van der Waals surface area contributed by atoms with Gasteiger partial charge in [-0.25, -0.2) is 0 Å². The van der Waals surface area contributed by atoms with Crippen molar-refractivity contribution in [2.45, 2.75) is 6.42 Å². The molecule has 13 heavy (non-hydrogen) atoms. The summed E-state index contributed by atoms with van der Waals surface area (Å²) in [6.07, 6.45) is 5.14. The zero-order valence-corrected chi connectivity index (χ0v) is 7.59. The number of hydrogen-bond acceptors (Lipinski definition) is 1. The first-order chi connectivity index (χ1) is 6.42. The van der Waals surface area contributed by atoms with Gasteiger partial charge in [0.15, 0.2) is 0 Å². The predicted octanol–water partition coefficient (Wildman–Crippen LogP) is 3.07. The Labute approximate surface area is 78.8 Å². The Kier molecular flexibility index (Phi) is 2.17. The van der Waals surface area contributed by atoms with E-state index in [9.17, 15) is 0 Å². The van der Waals surface area contributed by atoms with Gasteiger partial charge < -0.3 is 5.32 Å². The van der Waals surface area contributed by atoms with E-state index in [1.807, 2.05) is 6.08 Å². The van der Waals surface area contributed by atoms with Gasteiger partial charge in [-0.15, -0.1) is 6.58 Å². The monoisotopic (exact) mass is 171 g/mol. The molecule has 1 heteroatoms. The lowest BCUT2D eigenvalue weighted by atomic mass is 9.98. The summed E-state index contributed by atoms with van der Waals surface area (Å²) in [5.74, 6) is 0. The molecule has 1 aliphatic heterocycles. The molecule has 2 rings (SSSR count). The number of benzene rings is 1. The van der Waals surface area contributed by atoms with Crippen molar-refractivity contribution in [3.63, 3.8) is 0 Å². The van der Waals surface area contributed by atoms with E-state index in [1.54, 1.807) is 0 Å². The molecule has 0 atom stereocenters. The highest BCUT2D eigenvalue weighted by molar-refractivity contribution is 5.79. The second kappa shape index (κ2) is 3.48. The van der Waals surface area contributed by atoms with Gasteiger partial charge in [0.1, 0.15) is 0 Å². The average Bonchev–Trinajstić information content (AvgIpc) is 2.19. The standard InChI is InChI=1S/C12H13N/c1-2-5-10-8-9-13-12-7-4-3-6-11(10)12/h2-4,6-8,13H,1,5,9H2. The Bertz CT molecular complexity index is 350. The van der Waals surface area contributed by atoms with Crippen LogP contribution in [0.2, 0.25) is 0 Å². The van der Waals surface area contributed by atoms with E-state index >= 15 is 0 Å². The molecular formula is C12H13N. The fourth-order valence-corrected chi connectivity index (χ4v) is 1.66. The van der Waals surface area contributed by atoms with E-state index in [0.29, 0.717) is 0 Å². The highest BCUT2D eigenvalue weighted by Crippen LogP contribution is 2.29. The van der Waals surface area contributed by atoms with Crippen LogP contribution in [0, 0.1) is 0 Å². The van der Waals surface area contributed by atoms with Crippen molar-refractivity contribution in [1.29, 1.82) is 0 Å². The molecule has 0 saturated heterocycles. The van der Waals surface area contributed by atoms with Crippen molar-refractivity contribution in [2.75, 3.05) is 11.9 Å². The largest absolute Gasteiger partial charge is 0.381 e. The lowest BCUT2D eigenvalue weighted by Crippen LogP contribution is -2.07. The lowest BCUT2D eigenvalue weighted by Gasteiger charge is -2.18. The molecule has 0 bridgehead atoms. The van der Waals surface area contributed by atoms with E-state index in [0.717, 1.165) is 13.0 Å². The van der Waals surface area contributed by atoms with E-state index in [1.165, 1.54) is 16.8 Å². The van der Waals surface area contributed by atoms with Crippen LogP contribution in [0.3, 0.4) is 0 Å². The Morgan fingerprint density at radius 3 is 3.08 bits per heavy atom. The van der Waals surface area contributed by atoms with Crippen molar-refractivity contribution in [3.8, 4) is 0 Å². The molecule has 1 aromatic rings. The van der Waals surface area contributed by atoms with Crippen LogP contribution in [0.1, 0.15) is 12.0 Å². The molecule has 1 aliphatic rings. The van der Waals surface area contributed by atoms with E-state index in [-0.39, 0.29) is 0 Å². The molecule has 0 aliphatic carbocycles. The van der Waals surface area contributed by atoms with E-state index < -0.39 is 0 Å². The second-order valence-electron chi connectivity index (χ2n) is 3.15. The maximum absolute atomic E-state index is 3.77. The third-order valence-corrected chi connectivity index (χ3v) is 2.28. The Hall–Kier alpha value is -1.50. The van der Waals surface area contributed by atoms with E-state index in [4.69, 9.17) is 0 Å². The third-order valence-electron chi connectivity index (χ3n) is 2.28. The molecule has 0 saturated carbocycles. The minimum atomic E-state index is 0.931. The first-order valence-electron chi connectivity index (χ1n) is 4.55. The zero-order valence-electron chi connectivity index (χ0n) is 7.59. The fraction of sp³-hybridized carbons (Fsp3) is 0.167. The van der Waals surface area contributed by atoms with Crippen LogP contribution in [0.4, 0.5) is 5.69 Å². The fourth-order valence-electron chi connectivity index (χ4n) is 1.66. The van der Waals surface area contributed by atoms with Gasteiger partial charge in [-0.2, -0.15) is 0 Å². The molecule has 0 unspecified atom stereocenters. The summed E-state index contributed by atoms with van der Waals surface area (Å²) in [6.45, 7) is 4.70. The van der Waals surface area contributed by atoms with Gasteiger partial charge in [0.2, 0.25) is 0 Å². The number of hydrogen-bond donors (Lipinski definition) is 1. The Balaban J connectivity index is 2.41. The number of anilines is 1. The third kappa shape index (κ3) is 1.50.